The fraction of sp³-hybridized carbons (Fsp3) is 0.235. The maximum absolute atomic E-state index is 11.1. The van der Waals surface area contributed by atoms with Crippen molar-refractivity contribution in [1.82, 2.24) is 0 Å². The van der Waals surface area contributed by atoms with E-state index in [4.69, 9.17) is 9.84 Å². The van der Waals surface area contributed by atoms with Gasteiger partial charge in [0.15, 0.2) is 0 Å². The summed E-state index contributed by atoms with van der Waals surface area (Å²) in [5.74, 6) is 0.896. The van der Waals surface area contributed by atoms with Crippen LogP contribution in [-0.4, -0.2) is 23.9 Å². The van der Waals surface area contributed by atoms with Gasteiger partial charge in [-0.15, -0.1) is 11.8 Å². The third kappa shape index (κ3) is 4.53. The molecule has 0 amide bonds. The van der Waals surface area contributed by atoms with Crippen LogP contribution in [0.25, 0.3) is 0 Å². The molecule has 0 spiro atoms. The summed E-state index contributed by atoms with van der Waals surface area (Å²) in [7, 11) is 1.66. The van der Waals surface area contributed by atoms with Gasteiger partial charge in [0.2, 0.25) is 0 Å². The number of carboxylic acids is 1. The van der Waals surface area contributed by atoms with E-state index in [-0.39, 0.29) is 0 Å². The van der Waals surface area contributed by atoms with Gasteiger partial charge in [-0.05, 0) is 48.4 Å². The van der Waals surface area contributed by atoms with E-state index in [2.05, 4.69) is 12.1 Å². The summed E-state index contributed by atoms with van der Waals surface area (Å²) in [5, 5.41) is 9.12. The number of benzene rings is 2. The van der Waals surface area contributed by atoms with E-state index in [1.54, 1.807) is 31.0 Å². The van der Waals surface area contributed by atoms with Crippen LogP contribution >= 0.6 is 11.8 Å². The molecular formula is C17H18O3S. The van der Waals surface area contributed by atoms with E-state index < -0.39 is 5.97 Å². The molecule has 0 aliphatic heterocycles. The van der Waals surface area contributed by atoms with Crippen LogP contribution in [0.2, 0.25) is 0 Å². The third-order valence-corrected chi connectivity index (χ3v) is 4.30. The topological polar surface area (TPSA) is 46.5 Å². The van der Waals surface area contributed by atoms with Gasteiger partial charge in [0.25, 0.3) is 0 Å². The van der Waals surface area contributed by atoms with Crippen molar-refractivity contribution in [2.45, 2.75) is 17.7 Å². The van der Waals surface area contributed by atoms with Crippen LogP contribution in [0.3, 0.4) is 0 Å². The lowest BCUT2D eigenvalue weighted by Gasteiger charge is -2.06. The Morgan fingerprint density at radius 2 is 1.86 bits per heavy atom. The number of aromatic carboxylic acids is 1. The second-order valence-electron chi connectivity index (χ2n) is 4.60. The highest BCUT2D eigenvalue weighted by Gasteiger charge is 2.08. The third-order valence-electron chi connectivity index (χ3n) is 3.14. The molecule has 4 heteroatoms. The van der Waals surface area contributed by atoms with E-state index in [9.17, 15) is 4.79 Å². The first-order chi connectivity index (χ1) is 10.2. The number of carboxylic acid groups (broad SMARTS) is 1. The molecule has 0 atom stereocenters. The lowest BCUT2D eigenvalue weighted by molar-refractivity contribution is 0.0693. The quantitative estimate of drug-likeness (QED) is 0.617. The molecule has 0 bridgehead atoms. The second kappa shape index (κ2) is 7.74. The fourth-order valence-electron chi connectivity index (χ4n) is 2.02. The molecule has 2 aromatic rings. The van der Waals surface area contributed by atoms with Crippen LogP contribution in [0.5, 0.6) is 5.75 Å². The normalized spacial score (nSPS) is 10.3. The molecule has 0 fully saturated rings. The van der Waals surface area contributed by atoms with Gasteiger partial charge in [0.1, 0.15) is 5.75 Å². The number of methoxy groups -OCH3 is 1. The Kier molecular flexibility index (Phi) is 5.69. The fourth-order valence-corrected chi connectivity index (χ4v) is 3.01. The van der Waals surface area contributed by atoms with Gasteiger partial charge in [-0.3, -0.25) is 0 Å². The number of carbonyl (C=O) groups is 1. The Labute approximate surface area is 129 Å². The van der Waals surface area contributed by atoms with Crippen LogP contribution in [0.15, 0.2) is 53.4 Å². The molecule has 2 aromatic carbocycles. The minimum Gasteiger partial charge on any atom is -0.497 e. The standard InChI is InChI=1S/C17H18O3S/c1-20-14-10-8-13(9-11-14)5-4-12-21-16-7-3-2-6-15(16)17(18)19/h2-3,6-11H,4-5,12H2,1H3,(H,18,19). The van der Waals surface area contributed by atoms with Crippen molar-refractivity contribution in [3.8, 4) is 5.75 Å². The number of hydrogen-bond acceptors (Lipinski definition) is 3. The summed E-state index contributed by atoms with van der Waals surface area (Å²) in [6, 6.07) is 15.2. The molecule has 0 heterocycles. The number of hydrogen-bond donors (Lipinski definition) is 1. The maximum atomic E-state index is 11.1. The number of rotatable bonds is 7. The molecule has 0 unspecified atom stereocenters. The molecule has 1 N–H and O–H groups in total. The summed E-state index contributed by atoms with van der Waals surface area (Å²) in [4.78, 5) is 11.9. The SMILES string of the molecule is COc1ccc(CCCSc2ccccc2C(=O)O)cc1. The Morgan fingerprint density at radius 1 is 1.14 bits per heavy atom. The average Bonchev–Trinajstić information content (AvgIpc) is 2.52. The lowest BCUT2D eigenvalue weighted by Crippen LogP contribution is -1.98. The molecule has 0 saturated carbocycles. The van der Waals surface area contributed by atoms with E-state index in [0.717, 1.165) is 29.2 Å². The predicted octanol–water partition coefficient (Wildman–Crippen LogP) is 4.12. The highest BCUT2D eigenvalue weighted by atomic mass is 32.2. The zero-order valence-corrected chi connectivity index (χ0v) is 12.7. The first kappa shape index (κ1) is 15.4. The number of aryl methyl sites for hydroxylation is 1. The maximum Gasteiger partial charge on any atom is 0.336 e. The van der Waals surface area contributed by atoms with E-state index in [1.807, 2.05) is 24.3 Å². The molecule has 21 heavy (non-hydrogen) atoms. The molecule has 0 aliphatic rings. The Balaban J connectivity index is 1.83. The lowest BCUT2D eigenvalue weighted by atomic mass is 10.1. The smallest absolute Gasteiger partial charge is 0.336 e. The van der Waals surface area contributed by atoms with Crippen molar-refractivity contribution in [2.75, 3.05) is 12.9 Å². The highest BCUT2D eigenvalue weighted by Crippen LogP contribution is 2.24. The van der Waals surface area contributed by atoms with Crippen molar-refractivity contribution >= 4 is 17.7 Å². The summed E-state index contributed by atoms with van der Waals surface area (Å²) in [6.45, 7) is 0. The first-order valence-electron chi connectivity index (χ1n) is 6.79. The second-order valence-corrected chi connectivity index (χ2v) is 5.74. The molecule has 3 nitrogen and oxygen atoms in total. The summed E-state index contributed by atoms with van der Waals surface area (Å²) < 4.78 is 5.13. The predicted molar refractivity (Wildman–Crippen MR) is 85.4 cm³/mol. The zero-order chi connectivity index (χ0) is 15.1. The molecule has 2 rings (SSSR count). The zero-order valence-electron chi connectivity index (χ0n) is 11.9. The van der Waals surface area contributed by atoms with Gasteiger partial charge in [0.05, 0.1) is 12.7 Å². The van der Waals surface area contributed by atoms with Gasteiger partial charge in [-0.1, -0.05) is 24.3 Å². The van der Waals surface area contributed by atoms with Crippen molar-refractivity contribution in [2.24, 2.45) is 0 Å². The van der Waals surface area contributed by atoms with Gasteiger partial charge in [0, 0.05) is 4.90 Å². The van der Waals surface area contributed by atoms with Crippen molar-refractivity contribution < 1.29 is 14.6 Å². The first-order valence-corrected chi connectivity index (χ1v) is 7.77. The Hall–Kier alpha value is -1.94. The van der Waals surface area contributed by atoms with E-state index in [0.29, 0.717) is 5.56 Å². The van der Waals surface area contributed by atoms with Crippen molar-refractivity contribution in [3.63, 3.8) is 0 Å². The Bertz CT molecular complexity index is 593. The minimum absolute atomic E-state index is 0.381. The Morgan fingerprint density at radius 3 is 2.52 bits per heavy atom. The molecule has 0 aliphatic carbocycles. The van der Waals surface area contributed by atoms with Crippen LogP contribution in [0.1, 0.15) is 22.3 Å². The molecule has 0 saturated heterocycles. The van der Waals surface area contributed by atoms with Crippen molar-refractivity contribution in [1.29, 1.82) is 0 Å². The van der Waals surface area contributed by atoms with Crippen LogP contribution in [0.4, 0.5) is 0 Å². The number of ether oxygens (including phenoxy) is 1. The minimum atomic E-state index is -0.867. The van der Waals surface area contributed by atoms with Crippen molar-refractivity contribution in [3.05, 3.63) is 59.7 Å². The largest absolute Gasteiger partial charge is 0.497 e. The summed E-state index contributed by atoms with van der Waals surface area (Å²) in [6.07, 6.45) is 1.98. The molecule has 0 aromatic heterocycles. The van der Waals surface area contributed by atoms with Gasteiger partial charge in [-0.2, -0.15) is 0 Å². The van der Waals surface area contributed by atoms with Crippen LogP contribution < -0.4 is 4.74 Å². The van der Waals surface area contributed by atoms with Gasteiger partial charge in [-0.25, -0.2) is 4.79 Å². The van der Waals surface area contributed by atoms with E-state index >= 15 is 0 Å². The highest BCUT2D eigenvalue weighted by molar-refractivity contribution is 7.99. The van der Waals surface area contributed by atoms with Gasteiger partial charge < -0.3 is 9.84 Å². The van der Waals surface area contributed by atoms with Crippen LogP contribution in [-0.2, 0) is 6.42 Å². The number of thioether (sulfide) groups is 1. The molecular weight excluding hydrogens is 284 g/mol. The van der Waals surface area contributed by atoms with Gasteiger partial charge >= 0.3 is 5.97 Å². The monoisotopic (exact) mass is 302 g/mol. The molecule has 0 radical (unpaired) electrons. The molecule has 110 valence electrons. The summed E-state index contributed by atoms with van der Waals surface area (Å²) >= 11 is 1.60. The average molecular weight is 302 g/mol. The summed E-state index contributed by atoms with van der Waals surface area (Å²) in [5.41, 5.74) is 1.65. The van der Waals surface area contributed by atoms with E-state index in [1.165, 1.54) is 5.56 Å². The van der Waals surface area contributed by atoms with Crippen LogP contribution in [0, 0.1) is 0 Å².